The normalized spacial score (nSPS) is 9.88. The highest BCUT2D eigenvalue weighted by molar-refractivity contribution is 6.66. The number of benzene rings is 1. The lowest BCUT2D eigenvalue weighted by Gasteiger charge is -1.97. The van der Waals surface area contributed by atoms with Crippen LogP contribution in [-0.4, -0.2) is 5.24 Å². The maximum absolute atomic E-state index is 12.6. The highest BCUT2D eigenvalue weighted by Gasteiger charge is 2.08. The van der Waals surface area contributed by atoms with Crippen molar-refractivity contribution in [1.82, 2.24) is 0 Å². The van der Waals surface area contributed by atoms with E-state index in [0.717, 1.165) is 24.3 Å². The Hall–Kier alpha value is -1.29. The smallest absolute Gasteiger partial charge is 0.245 e. The Labute approximate surface area is 96.5 Å². The molecular formula is C11H10ClF3O. The highest BCUT2D eigenvalue weighted by atomic mass is 35.5. The van der Waals surface area contributed by atoms with Crippen LogP contribution in [0.25, 0.3) is 6.08 Å². The van der Waals surface area contributed by atoms with E-state index >= 15 is 0 Å². The van der Waals surface area contributed by atoms with Gasteiger partial charge in [-0.3, -0.25) is 4.79 Å². The summed E-state index contributed by atoms with van der Waals surface area (Å²) >= 11 is 4.95. The first kappa shape index (κ1) is 14.7. The summed E-state index contributed by atoms with van der Waals surface area (Å²) in [5.41, 5.74) is 0.0235. The Morgan fingerprint density at radius 1 is 1.19 bits per heavy atom. The summed E-state index contributed by atoms with van der Waals surface area (Å²) in [6.07, 6.45) is 1.99. The van der Waals surface area contributed by atoms with Gasteiger partial charge in [0.25, 0.3) is 0 Å². The topological polar surface area (TPSA) is 17.1 Å². The first-order valence-corrected chi connectivity index (χ1v) is 4.90. The Morgan fingerprint density at radius 3 is 2.00 bits per heavy atom. The zero-order valence-corrected chi connectivity index (χ0v) is 9.49. The van der Waals surface area contributed by atoms with Crippen LogP contribution in [-0.2, 0) is 4.79 Å². The third-order valence-corrected chi connectivity index (χ3v) is 1.54. The minimum absolute atomic E-state index is 0.0235. The zero-order chi connectivity index (χ0) is 12.7. The quantitative estimate of drug-likeness (QED) is 0.442. The molecule has 0 unspecified atom stereocenters. The van der Waals surface area contributed by atoms with Gasteiger partial charge in [-0.05, 0) is 41.4 Å². The monoisotopic (exact) mass is 250 g/mol. The van der Waals surface area contributed by atoms with E-state index in [2.05, 4.69) is 0 Å². The second-order valence-corrected chi connectivity index (χ2v) is 2.81. The molecule has 1 aromatic rings. The Kier molecular flexibility index (Phi) is 6.49. The SMILES string of the molecule is CC.O=C(Cl)/C=C/c1cc(F)c(F)c(F)c1. The number of hydrogen-bond donors (Lipinski definition) is 0. The molecule has 5 heteroatoms. The van der Waals surface area contributed by atoms with Crippen LogP contribution < -0.4 is 0 Å². The molecule has 1 nitrogen and oxygen atoms in total. The number of allylic oxidation sites excluding steroid dienone is 1. The van der Waals surface area contributed by atoms with E-state index in [4.69, 9.17) is 11.6 Å². The van der Waals surface area contributed by atoms with E-state index in [1.54, 1.807) is 0 Å². The molecule has 88 valence electrons. The van der Waals surface area contributed by atoms with Crippen LogP contribution in [0.2, 0.25) is 0 Å². The molecule has 0 aliphatic rings. The second kappa shape index (κ2) is 7.06. The molecule has 0 bridgehead atoms. The van der Waals surface area contributed by atoms with Crippen molar-refractivity contribution in [3.05, 3.63) is 41.2 Å². The molecule has 0 aliphatic heterocycles. The van der Waals surface area contributed by atoms with E-state index in [-0.39, 0.29) is 5.56 Å². The van der Waals surface area contributed by atoms with Gasteiger partial charge in [0.2, 0.25) is 5.24 Å². The van der Waals surface area contributed by atoms with Crippen LogP contribution in [0.1, 0.15) is 19.4 Å². The molecule has 0 fully saturated rings. The largest absolute Gasteiger partial charge is 0.276 e. The third kappa shape index (κ3) is 4.49. The van der Waals surface area contributed by atoms with E-state index in [1.807, 2.05) is 13.8 Å². The molecule has 0 heterocycles. The minimum atomic E-state index is -1.54. The van der Waals surface area contributed by atoms with Crippen molar-refractivity contribution >= 4 is 22.9 Å². The lowest BCUT2D eigenvalue weighted by atomic mass is 10.2. The van der Waals surface area contributed by atoms with Gasteiger partial charge in [-0.1, -0.05) is 13.8 Å². The summed E-state index contributed by atoms with van der Waals surface area (Å²) in [6.45, 7) is 4.00. The predicted octanol–water partition coefficient (Wildman–Crippen LogP) is 3.91. The standard InChI is InChI=1S/C9H4ClF3O.C2H6/c10-8(14)2-1-5-3-6(11)9(13)7(12)4-5;1-2/h1-4H;1-2H3/b2-1+;. The van der Waals surface area contributed by atoms with Crippen LogP contribution in [0.5, 0.6) is 0 Å². The van der Waals surface area contributed by atoms with Gasteiger partial charge >= 0.3 is 0 Å². The van der Waals surface area contributed by atoms with Gasteiger partial charge in [0, 0.05) is 0 Å². The average molecular weight is 251 g/mol. The molecule has 0 aromatic heterocycles. The summed E-state index contributed by atoms with van der Waals surface area (Å²) in [6, 6.07) is 1.52. The van der Waals surface area contributed by atoms with Crippen LogP contribution >= 0.6 is 11.6 Å². The predicted molar refractivity (Wildman–Crippen MR) is 57.6 cm³/mol. The fourth-order valence-corrected chi connectivity index (χ4v) is 0.896. The maximum Gasteiger partial charge on any atom is 0.245 e. The van der Waals surface area contributed by atoms with Crippen LogP contribution in [0.4, 0.5) is 13.2 Å². The van der Waals surface area contributed by atoms with Crippen LogP contribution in [0, 0.1) is 17.5 Å². The molecule has 0 radical (unpaired) electrons. The average Bonchev–Trinajstić information content (AvgIpc) is 2.25. The van der Waals surface area contributed by atoms with Gasteiger partial charge in [-0.2, -0.15) is 0 Å². The summed E-state index contributed by atoms with van der Waals surface area (Å²) in [4.78, 5) is 10.3. The summed E-state index contributed by atoms with van der Waals surface area (Å²) in [5, 5.41) is -0.782. The molecule has 0 amide bonds. The summed E-state index contributed by atoms with van der Waals surface area (Å²) in [7, 11) is 0. The molecule has 1 rings (SSSR count). The number of halogens is 4. The molecule has 0 atom stereocenters. The second-order valence-electron chi connectivity index (χ2n) is 2.44. The Morgan fingerprint density at radius 2 is 1.62 bits per heavy atom. The Balaban J connectivity index is 0.00000106. The number of rotatable bonds is 2. The minimum Gasteiger partial charge on any atom is -0.276 e. The van der Waals surface area contributed by atoms with Crippen LogP contribution in [0.15, 0.2) is 18.2 Å². The fraction of sp³-hybridized carbons (Fsp3) is 0.182. The number of carbonyl (C=O) groups excluding carboxylic acids is 1. The van der Waals surface area contributed by atoms with Gasteiger partial charge < -0.3 is 0 Å². The van der Waals surface area contributed by atoms with E-state index in [9.17, 15) is 18.0 Å². The first-order valence-electron chi connectivity index (χ1n) is 4.53. The molecule has 0 spiro atoms. The zero-order valence-electron chi connectivity index (χ0n) is 8.73. The summed E-state index contributed by atoms with van der Waals surface area (Å²) in [5.74, 6) is -4.17. The van der Waals surface area contributed by atoms with Crippen molar-refractivity contribution in [3.63, 3.8) is 0 Å². The van der Waals surface area contributed by atoms with Crippen molar-refractivity contribution in [1.29, 1.82) is 0 Å². The highest BCUT2D eigenvalue weighted by Crippen LogP contribution is 2.14. The van der Waals surface area contributed by atoms with Crippen molar-refractivity contribution in [2.75, 3.05) is 0 Å². The lowest BCUT2D eigenvalue weighted by molar-refractivity contribution is -0.107. The van der Waals surface area contributed by atoms with Gasteiger partial charge in [0.15, 0.2) is 17.5 Å². The van der Waals surface area contributed by atoms with Crippen molar-refractivity contribution < 1.29 is 18.0 Å². The molecular weight excluding hydrogens is 241 g/mol. The van der Waals surface area contributed by atoms with Crippen molar-refractivity contribution in [3.8, 4) is 0 Å². The number of carbonyl (C=O) groups is 1. The number of hydrogen-bond acceptors (Lipinski definition) is 1. The molecule has 0 saturated carbocycles. The fourth-order valence-electron chi connectivity index (χ4n) is 0.833. The first-order chi connectivity index (χ1) is 7.50. The van der Waals surface area contributed by atoms with Crippen molar-refractivity contribution in [2.45, 2.75) is 13.8 Å². The molecule has 0 saturated heterocycles. The molecule has 16 heavy (non-hydrogen) atoms. The van der Waals surface area contributed by atoms with Crippen molar-refractivity contribution in [2.24, 2.45) is 0 Å². The lowest BCUT2D eigenvalue weighted by Crippen LogP contribution is -1.91. The van der Waals surface area contributed by atoms with Gasteiger partial charge in [-0.15, -0.1) is 0 Å². The summed E-state index contributed by atoms with van der Waals surface area (Å²) < 4.78 is 37.6. The molecule has 0 N–H and O–H groups in total. The third-order valence-electron chi connectivity index (χ3n) is 1.41. The van der Waals surface area contributed by atoms with E-state index < -0.39 is 22.7 Å². The molecule has 1 aromatic carbocycles. The maximum atomic E-state index is 12.6. The van der Waals surface area contributed by atoms with Gasteiger partial charge in [0.1, 0.15) is 0 Å². The van der Waals surface area contributed by atoms with E-state index in [0.29, 0.717) is 0 Å². The van der Waals surface area contributed by atoms with E-state index in [1.165, 1.54) is 0 Å². The molecule has 0 aliphatic carbocycles. The van der Waals surface area contributed by atoms with Gasteiger partial charge in [-0.25, -0.2) is 13.2 Å². The Bertz CT molecular complexity index is 379. The van der Waals surface area contributed by atoms with Crippen LogP contribution in [0.3, 0.4) is 0 Å². The van der Waals surface area contributed by atoms with Gasteiger partial charge in [0.05, 0.1) is 0 Å².